The van der Waals surface area contributed by atoms with Gasteiger partial charge in [0.25, 0.3) is 0 Å². The Balaban J connectivity index is 1.85. The molecule has 156 valence electrons. The lowest BCUT2D eigenvalue weighted by Gasteiger charge is -2.32. The van der Waals surface area contributed by atoms with Crippen LogP contribution in [0.15, 0.2) is 27.8 Å². The van der Waals surface area contributed by atoms with Crippen molar-refractivity contribution in [2.24, 2.45) is 4.99 Å². The molecule has 1 aliphatic heterocycles. The largest absolute Gasteiger partial charge is 0.469 e. The van der Waals surface area contributed by atoms with Crippen molar-refractivity contribution in [2.75, 3.05) is 53.9 Å². The first-order valence-corrected chi connectivity index (χ1v) is 9.68. The molecule has 1 saturated heterocycles. The Morgan fingerprint density at radius 1 is 1.32 bits per heavy atom. The molecular weight excluding hydrogens is 360 g/mol. The van der Waals surface area contributed by atoms with Crippen LogP contribution >= 0.6 is 0 Å². The van der Waals surface area contributed by atoms with Gasteiger partial charge in [0.2, 0.25) is 11.8 Å². The second kappa shape index (κ2) is 11.3. The smallest absolute Gasteiger partial charge is 0.243 e. The molecule has 0 radical (unpaired) electrons. The summed E-state index contributed by atoms with van der Waals surface area (Å²) in [5, 5.41) is 9.37. The Morgan fingerprint density at radius 2 is 2.07 bits per heavy atom. The lowest BCUT2D eigenvalue weighted by atomic mass is 10.1. The maximum absolute atomic E-state index is 11.9. The van der Waals surface area contributed by atoms with E-state index in [9.17, 15) is 9.59 Å². The van der Waals surface area contributed by atoms with Crippen LogP contribution in [0.1, 0.15) is 18.6 Å². The van der Waals surface area contributed by atoms with Gasteiger partial charge >= 0.3 is 0 Å². The summed E-state index contributed by atoms with van der Waals surface area (Å²) in [6, 6.07) is 4.06. The third-order valence-electron chi connectivity index (χ3n) is 4.69. The molecule has 1 aliphatic rings. The fourth-order valence-corrected chi connectivity index (χ4v) is 2.91. The topological polar surface area (TPSA) is 102 Å². The van der Waals surface area contributed by atoms with Crippen LogP contribution in [0.4, 0.5) is 0 Å². The van der Waals surface area contributed by atoms with E-state index in [1.165, 1.54) is 4.90 Å². The minimum Gasteiger partial charge on any atom is -0.469 e. The lowest BCUT2D eigenvalue weighted by molar-refractivity contribution is -0.127. The molecule has 0 spiro atoms. The van der Waals surface area contributed by atoms with Crippen molar-refractivity contribution in [3.63, 3.8) is 0 Å². The third kappa shape index (κ3) is 7.59. The molecular formula is C19H32N6O3. The first kappa shape index (κ1) is 21.7. The number of rotatable bonds is 8. The van der Waals surface area contributed by atoms with Gasteiger partial charge in [0.15, 0.2) is 5.96 Å². The highest BCUT2D eigenvalue weighted by Crippen LogP contribution is 2.10. The number of carbonyl (C=O) groups is 2. The summed E-state index contributed by atoms with van der Waals surface area (Å²) in [6.45, 7) is 2.88. The molecule has 0 unspecified atom stereocenters. The number of guanidine groups is 1. The Morgan fingerprint density at radius 3 is 2.68 bits per heavy atom. The molecule has 0 aliphatic carbocycles. The van der Waals surface area contributed by atoms with E-state index in [0.29, 0.717) is 19.0 Å². The van der Waals surface area contributed by atoms with E-state index < -0.39 is 0 Å². The molecule has 3 N–H and O–H groups in total. The summed E-state index contributed by atoms with van der Waals surface area (Å²) in [5.74, 6) is 1.52. The molecule has 1 aromatic rings. The average molecular weight is 393 g/mol. The zero-order valence-electron chi connectivity index (χ0n) is 17.0. The van der Waals surface area contributed by atoms with Crippen molar-refractivity contribution in [2.45, 2.75) is 25.3 Å². The molecule has 0 saturated carbocycles. The second-order valence-corrected chi connectivity index (χ2v) is 7.08. The number of nitrogens with one attached hydrogen (secondary N) is 3. The molecule has 0 atom stereocenters. The van der Waals surface area contributed by atoms with Crippen LogP contribution in [0.5, 0.6) is 0 Å². The Labute approximate surface area is 166 Å². The number of hydrogen-bond acceptors (Lipinski definition) is 5. The zero-order chi connectivity index (χ0) is 20.4. The quantitative estimate of drug-likeness (QED) is 0.413. The number of likely N-dealkylation sites (N-methyl/N-ethyl adjacent to an activating group) is 2. The molecule has 9 heteroatoms. The third-order valence-corrected chi connectivity index (χ3v) is 4.69. The summed E-state index contributed by atoms with van der Waals surface area (Å²) < 4.78 is 5.35. The highest BCUT2D eigenvalue weighted by molar-refractivity contribution is 5.85. The molecule has 28 heavy (non-hydrogen) atoms. The van der Waals surface area contributed by atoms with Crippen LogP contribution in [-0.2, 0) is 16.0 Å². The molecule has 2 heterocycles. The monoisotopic (exact) mass is 392 g/mol. The van der Waals surface area contributed by atoms with Crippen molar-refractivity contribution in [3.8, 4) is 0 Å². The van der Waals surface area contributed by atoms with Gasteiger partial charge in [-0.25, -0.2) is 4.99 Å². The maximum atomic E-state index is 11.9. The van der Waals surface area contributed by atoms with Gasteiger partial charge in [-0.2, -0.15) is 0 Å². The van der Waals surface area contributed by atoms with Crippen LogP contribution in [-0.4, -0.2) is 87.5 Å². The number of likely N-dealkylation sites (tertiary alicyclic amines) is 1. The van der Waals surface area contributed by atoms with Crippen LogP contribution < -0.4 is 16.0 Å². The van der Waals surface area contributed by atoms with Crippen molar-refractivity contribution in [1.29, 1.82) is 0 Å². The van der Waals surface area contributed by atoms with Gasteiger partial charge in [-0.15, -0.1) is 0 Å². The molecule has 9 nitrogen and oxygen atoms in total. The van der Waals surface area contributed by atoms with E-state index in [0.717, 1.165) is 38.1 Å². The molecule has 0 aromatic carbocycles. The van der Waals surface area contributed by atoms with Gasteiger partial charge in [-0.05, 0) is 25.0 Å². The fourth-order valence-electron chi connectivity index (χ4n) is 2.91. The van der Waals surface area contributed by atoms with Gasteiger partial charge in [-0.1, -0.05) is 0 Å². The van der Waals surface area contributed by atoms with E-state index in [1.54, 1.807) is 27.4 Å². The predicted molar refractivity (Wildman–Crippen MR) is 108 cm³/mol. The van der Waals surface area contributed by atoms with E-state index in [1.807, 2.05) is 12.1 Å². The first-order chi connectivity index (χ1) is 13.5. The number of aliphatic imine (C=N–C) groups is 1. The van der Waals surface area contributed by atoms with Gasteiger partial charge in [0.1, 0.15) is 12.3 Å². The standard InChI is InChI=1S/C19H32N6O3/c1-20-17(26)14-25-10-7-15(8-11-25)23-19(22-13-18(27)24(2)3)21-9-6-16-5-4-12-28-16/h4-5,12,15H,6-11,13-14H2,1-3H3,(H,20,26)(H2,21,22,23). The fraction of sp³-hybridized carbons (Fsp3) is 0.632. The minimum atomic E-state index is -0.0486. The lowest BCUT2D eigenvalue weighted by Crippen LogP contribution is -2.50. The normalized spacial score (nSPS) is 15.9. The summed E-state index contributed by atoms with van der Waals surface area (Å²) in [7, 11) is 5.09. The first-order valence-electron chi connectivity index (χ1n) is 9.68. The highest BCUT2D eigenvalue weighted by Gasteiger charge is 2.21. The van der Waals surface area contributed by atoms with Crippen LogP contribution in [0.25, 0.3) is 0 Å². The maximum Gasteiger partial charge on any atom is 0.243 e. The van der Waals surface area contributed by atoms with Crippen LogP contribution in [0.3, 0.4) is 0 Å². The summed E-state index contributed by atoms with van der Waals surface area (Å²) in [4.78, 5) is 31.5. The van der Waals surface area contributed by atoms with Gasteiger partial charge in [0, 0.05) is 53.2 Å². The molecule has 1 fully saturated rings. The number of piperidine rings is 1. The number of furan rings is 1. The molecule has 2 amide bonds. The average Bonchev–Trinajstić information content (AvgIpc) is 3.20. The minimum absolute atomic E-state index is 0.0375. The Kier molecular flexibility index (Phi) is 8.80. The Bertz CT molecular complexity index is 636. The Hall–Kier alpha value is -2.55. The molecule has 0 bridgehead atoms. The summed E-state index contributed by atoms with van der Waals surface area (Å²) in [5.41, 5.74) is 0. The number of carbonyl (C=O) groups excluding carboxylic acids is 2. The highest BCUT2D eigenvalue weighted by atomic mass is 16.3. The number of nitrogens with zero attached hydrogens (tertiary/aromatic N) is 3. The molecule has 2 rings (SSSR count). The van der Waals surface area contributed by atoms with Crippen LogP contribution in [0.2, 0.25) is 0 Å². The van der Waals surface area contributed by atoms with Crippen molar-refractivity contribution in [1.82, 2.24) is 25.8 Å². The van der Waals surface area contributed by atoms with E-state index in [4.69, 9.17) is 4.42 Å². The van der Waals surface area contributed by atoms with Crippen molar-refractivity contribution < 1.29 is 14.0 Å². The number of amides is 2. The summed E-state index contributed by atoms with van der Waals surface area (Å²) in [6.07, 6.45) is 4.22. The van der Waals surface area contributed by atoms with Gasteiger partial charge in [0.05, 0.1) is 12.8 Å². The number of hydrogen-bond donors (Lipinski definition) is 3. The van der Waals surface area contributed by atoms with E-state index in [2.05, 4.69) is 25.8 Å². The SMILES string of the molecule is CNC(=O)CN1CCC(NC(=NCC(=O)N(C)C)NCCc2ccco2)CC1. The van der Waals surface area contributed by atoms with E-state index >= 15 is 0 Å². The second-order valence-electron chi connectivity index (χ2n) is 7.08. The van der Waals surface area contributed by atoms with Crippen molar-refractivity contribution >= 4 is 17.8 Å². The van der Waals surface area contributed by atoms with Crippen LogP contribution in [0, 0.1) is 0 Å². The van der Waals surface area contributed by atoms with Gasteiger partial charge < -0.3 is 25.3 Å². The molecule has 1 aromatic heterocycles. The van der Waals surface area contributed by atoms with E-state index in [-0.39, 0.29) is 24.4 Å². The predicted octanol–water partition coefficient (Wildman–Crippen LogP) is -0.344. The van der Waals surface area contributed by atoms with Crippen molar-refractivity contribution in [3.05, 3.63) is 24.2 Å². The van der Waals surface area contributed by atoms with Gasteiger partial charge in [-0.3, -0.25) is 14.5 Å². The summed E-state index contributed by atoms with van der Waals surface area (Å²) >= 11 is 0. The zero-order valence-corrected chi connectivity index (χ0v) is 17.0.